The number of nitrogens with two attached hydrogens (primary N) is 1. The molecule has 19 heavy (non-hydrogen) atoms. The van der Waals surface area contributed by atoms with E-state index in [0.717, 1.165) is 17.2 Å². The molecule has 0 aliphatic heterocycles. The van der Waals surface area contributed by atoms with Crippen LogP contribution >= 0.6 is 0 Å². The zero-order valence-electron chi connectivity index (χ0n) is 10.9. The van der Waals surface area contributed by atoms with Crippen LogP contribution < -0.4 is 15.8 Å². The standard InChI is InChI=1S/C14H17FN2O2/c1-9-3-6-13(19-9)12(8-16)17-10-4-5-11(15)14(7-10)18-2/h3-7,12,17H,8,16H2,1-2H3. The molecule has 0 amide bonds. The second-order valence-electron chi connectivity index (χ2n) is 4.23. The molecule has 2 aromatic rings. The van der Waals surface area contributed by atoms with Gasteiger partial charge in [-0.2, -0.15) is 0 Å². The van der Waals surface area contributed by atoms with E-state index in [4.69, 9.17) is 14.9 Å². The van der Waals surface area contributed by atoms with Crippen molar-refractivity contribution in [3.05, 3.63) is 47.7 Å². The predicted octanol–water partition coefficient (Wildman–Crippen LogP) is 2.85. The zero-order valence-corrected chi connectivity index (χ0v) is 10.9. The van der Waals surface area contributed by atoms with Crippen molar-refractivity contribution in [2.75, 3.05) is 19.0 Å². The average Bonchev–Trinajstić information content (AvgIpc) is 2.84. The van der Waals surface area contributed by atoms with Gasteiger partial charge in [0, 0.05) is 18.3 Å². The van der Waals surface area contributed by atoms with E-state index in [2.05, 4.69) is 5.32 Å². The van der Waals surface area contributed by atoms with Crippen LogP contribution in [-0.4, -0.2) is 13.7 Å². The van der Waals surface area contributed by atoms with Crippen LogP contribution in [0.5, 0.6) is 5.75 Å². The Hall–Kier alpha value is -2.01. The highest BCUT2D eigenvalue weighted by Crippen LogP contribution is 2.25. The zero-order chi connectivity index (χ0) is 13.8. The Morgan fingerprint density at radius 3 is 2.74 bits per heavy atom. The molecular formula is C14H17FN2O2. The molecule has 102 valence electrons. The lowest BCUT2D eigenvalue weighted by Gasteiger charge is -2.16. The fourth-order valence-electron chi connectivity index (χ4n) is 1.84. The minimum Gasteiger partial charge on any atom is -0.494 e. The highest BCUT2D eigenvalue weighted by atomic mass is 19.1. The van der Waals surface area contributed by atoms with Gasteiger partial charge in [0.25, 0.3) is 0 Å². The van der Waals surface area contributed by atoms with Crippen LogP contribution in [0.4, 0.5) is 10.1 Å². The number of hydrogen-bond donors (Lipinski definition) is 2. The molecule has 0 bridgehead atoms. The van der Waals surface area contributed by atoms with E-state index < -0.39 is 5.82 Å². The minimum absolute atomic E-state index is 0.163. The molecule has 0 spiro atoms. The Bertz CT molecular complexity index is 554. The molecule has 2 rings (SSSR count). The van der Waals surface area contributed by atoms with E-state index >= 15 is 0 Å². The van der Waals surface area contributed by atoms with Crippen molar-refractivity contribution >= 4 is 5.69 Å². The highest BCUT2D eigenvalue weighted by molar-refractivity contribution is 5.50. The van der Waals surface area contributed by atoms with Gasteiger partial charge < -0.3 is 20.2 Å². The lowest BCUT2D eigenvalue weighted by molar-refractivity contribution is 0.386. The van der Waals surface area contributed by atoms with Crippen molar-refractivity contribution < 1.29 is 13.5 Å². The van der Waals surface area contributed by atoms with E-state index in [0.29, 0.717) is 6.54 Å². The monoisotopic (exact) mass is 264 g/mol. The summed E-state index contributed by atoms with van der Waals surface area (Å²) in [4.78, 5) is 0. The fraction of sp³-hybridized carbons (Fsp3) is 0.286. The SMILES string of the molecule is COc1cc(NC(CN)c2ccc(C)o2)ccc1F. The summed E-state index contributed by atoms with van der Waals surface area (Å²) in [5.41, 5.74) is 6.46. The van der Waals surface area contributed by atoms with E-state index in [-0.39, 0.29) is 11.8 Å². The molecule has 1 aromatic heterocycles. The lowest BCUT2D eigenvalue weighted by atomic mass is 10.2. The molecule has 4 nitrogen and oxygen atoms in total. The van der Waals surface area contributed by atoms with Gasteiger partial charge in [0.05, 0.1) is 13.2 Å². The number of hydrogen-bond acceptors (Lipinski definition) is 4. The Morgan fingerprint density at radius 1 is 1.37 bits per heavy atom. The number of aryl methyl sites for hydroxylation is 1. The number of rotatable bonds is 5. The van der Waals surface area contributed by atoms with Gasteiger partial charge in [-0.05, 0) is 31.2 Å². The molecular weight excluding hydrogens is 247 g/mol. The number of nitrogens with one attached hydrogen (secondary N) is 1. The number of anilines is 1. The van der Waals surface area contributed by atoms with Crippen molar-refractivity contribution in [1.82, 2.24) is 0 Å². The number of benzene rings is 1. The van der Waals surface area contributed by atoms with Crippen molar-refractivity contribution in [2.45, 2.75) is 13.0 Å². The topological polar surface area (TPSA) is 60.4 Å². The summed E-state index contributed by atoms with van der Waals surface area (Å²) in [5, 5.41) is 3.19. The Labute approximate surface area is 111 Å². The average molecular weight is 264 g/mol. The Morgan fingerprint density at radius 2 is 2.16 bits per heavy atom. The smallest absolute Gasteiger partial charge is 0.165 e. The van der Waals surface area contributed by atoms with E-state index in [9.17, 15) is 4.39 Å². The molecule has 3 N–H and O–H groups in total. The summed E-state index contributed by atoms with van der Waals surface area (Å²) in [6.07, 6.45) is 0. The summed E-state index contributed by atoms with van der Waals surface area (Å²) in [7, 11) is 1.43. The van der Waals surface area contributed by atoms with Gasteiger partial charge in [-0.1, -0.05) is 0 Å². The lowest BCUT2D eigenvalue weighted by Crippen LogP contribution is -2.20. The minimum atomic E-state index is -0.397. The summed E-state index contributed by atoms with van der Waals surface area (Å²) >= 11 is 0. The molecule has 1 heterocycles. The molecule has 1 atom stereocenters. The van der Waals surface area contributed by atoms with Gasteiger partial charge in [0.15, 0.2) is 11.6 Å². The van der Waals surface area contributed by atoms with E-state index in [1.807, 2.05) is 19.1 Å². The highest BCUT2D eigenvalue weighted by Gasteiger charge is 2.14. The maximum Gasteiger partial charge on any atom is 0.165 e. The summed E-state index contributed by atoms with van der Waals surface area (Å²) in [5.74, 6) is 1.37. The molecule has 1 unspecified atom stereocenters. The second kappa shape index (κ2) is 5.75. The van der Waals surface area contributed by atoms with Gasteiger partial charge in [0.2, 0.25) is 0 Å². The number of methoxy groups -OCH3 is 1. The van der Waals surface area contributed by atoms with Crippen LogP contribution in [0.3, 0.4) is 0 Å². The second-order valence-corrected chi connectivity index (χ2v) is 4.23. The molecule has 0 aliphatic rings. The summed E-state index contributed by atoms with van der Waals surface area (Å²) in [6.45, 7) is 2.24. The third-order valence-corrected chi connectivity index (χ3v) is 2.83. The van der Waals surface area contributed by atoms with Crippen LogP contribution in [-0.2, 0) is 0 Å². The van der Waals surface area contributed by atoms with Crippen LogP contribution in [0.25, 0.3) is 0 Å². The van der Waals surface area contributed by atoms with Gasteiger partial charge in [-0.3, -0.25) is 0 Å². The molecule has 0 saturated heterocycles. The van der Waals surface area contributed by atoms with Crippen molar-refractivity contribution in [3.8, 4) is 5.75 Å². The Kier molecular flexibility index (Phi) is 4.06. The molecule has 0 fully saturated rings. The number of halogens is 1. The van der Waals surface area contributed by atoms with Crippen LogP contribution in [0.15, 0.2) is 34.7 Å². The first-order valence-corrected chi connectivity index (χ1v) is 6.00. The van der Waals surface area contributed by atoms with E-state index in [1.165, 1.54) is 13.2 Å². The van der Waals surface area contributed by atoms with Gasteiger partial charge in [-0.25, -0.2) is 4.39 Å². The number of ether oxygens (including phenoxy) is 1. The van der Waals surface area contributed by atoms with Crippen LogP contribution in [0.2, 0.25) is 0 Å². The summed E-state index contributed by atoms with van der Waals surface area (Å²) in [6, 6.07) is 8.17. The quantitative estimate of drug-likeness (QED) is 0.871. The van der Waals surface area contributed by atoms with Gasteiger partial charge >= 0.3 is 0 Å². The fourth-order valence-corrected chi connectivity index (χ4v) is 1.84. The summed E-state index contributed by atoms with van der Waals surface area (Å²) < 4.78 is 23.8. The normalized spacial score (nSPS) is 12.2. The van der Waals surface area contributed by atoms with E-state index in [1.54, 1.807) is 12.1 Å². The molecule has 5 heteroatoms. The van der Waals surface area contributed by atoms with Crippen molar-refractivity contribution in [2.24, 2.45) is 5.73 Å². The van der Waals surface area contributed by atoms with Gasteiger partial charge in [0.1, 0.15) is 11.5 Å². The maximum atomic E-state index is 13.3. The van der Waals surface area contributed by atoms with Gasteiger partial charge in [-0.15, -0.1) is 0 Å². The third-order valence-electron chi connectivity index (χ3n) is 2.83. The Balaban J connectivity index is 2.18. The number of furan rings is 1. The first kappa shape index (κ1) is 13.4. The maximum absolute atomic E-state index is 13.3. The first-order chi connectivity index (χ1) is 9.13. The third kappa shape index (κ3) is 3.06. The molecule has 0 aliphatic carbocycles. The van der Waals surface area contributed by atoms with Crippen molar-refractivity contribution in [3.63, 3.8) is 0 Å². The van der Waals surface area contributed by atoms with Crippen LogP contribution in [0, 0.1) is 12.7 Å². The predicted molar refractivity (Wildman–Crippen MR) is 71.8 cm³/mol. The molecule has 1 aromatic carbocycles. The van der Waals surface area contributed by atoms with Crippen LogP contribution in [0.1, 0.15) is 17.6 Å². The first-order valence-electron chi connectivity index (χ1n) is 6.00. The molecule has 0 saturated carbocycles. The van der Waals surface area contributed by atoms with Crippen molar-refractivity contribution in [1.29, 1.82) is 0 Å². The largest absolute Gasteiger partial charge is 0.494 e. The molecule has 0 radical (unpaired) electrons.